The second-order valence-electron chi connectivity index (χ2n) is 5.61. The minimum atomic E-state index is 0.781. The standard InChI is InChI=1S/C13H26N2/c1-12(2)11-15-10-6-9-14-8-5-3-4-7-13(14)15/h12-13H,3-11H2,1-2H3. The summed E-state index contributed by atoms with van der Waals surface area (Å²) in [5, 5.41) is 0. The predicted molar refractivity (Wildman–Crippen MR) is 64.9 cm³/mol. The van der Waals surface area contributed by atoms with Crippen molar-refractivity contribution in [2.24, 2.45) is 5.92 Å². The van der Waals surface area contributed by atoms with Gasteiger partial charge in [0.2, 0.25) is 0 Å². The normalized spacial score (nSPS) is 30.2. The second-order valence-corrected chi connectivity index (χ2v) is 5.61. The molecule has 2 nitrogen and oxygen atoms in total. The van der Waals surface area contributed by atoms with E-state index in [0.717, 1.165) is 12.1 Å². The van der Waals surface area contributed by atoms with Gasteiger partial charge < -0.3 is 0 Å². The molecule has 2 heteroatoms. The summed E-state index contributed by atoms with van der Waals surface area (Å²) >= 11 is 0. The molecule has 0 radical (unpaired) electrons. The number of fused-ring (bicyclic) bond motifs is 1. The van der Waals surface area contributed by atoms with E-state index in [1.807, 2.05) is 0 Å². The molecule has 15 heavy (non-hydrogen) atoms. The van der Waals surface area contributed by atoms with Crippen LogP contribution in [-0.4, -0.2) is 42.1 Å². The monoisotopic (exact) mass is 210 g/mol. The van der Waals surface area contributed by atoms with E-state index < -0.39 is 0 Å². The van der Waals surface area contributed by atoms with Crippen LogP contribution in [0.2, 0.25) is 0 Å². The minimum Gasteiger partial charge on any atom is -0.288 e. The number of nitrogens with zero attached hydrogens (tertiary/aromatic N) is 2. The van der Waals surface area contributed by atoms with Crippen molar-refractivity contribution in [3.63, 3.8) is 0 Å². The zero-order valence-corrected chi connectivity index (χ0v) is 10.4. The lowest BCUT2D eigenvalue weighted by Gasteiger charge is -2.44. The van der Waals surface area contributed by atoms with Crippen LogP contribution in [0.4, 0.5) is 0 Å². The summed E-state index contributed by atoms with van der Waals surface area (Å²) in [4.78, 5) is 5.47. The summed E-state index contributed by atoms with van der Waals surface area (Å²) in [5.41, 5.74) is 0. The van der Waals surface area contributed by atoms with Gasteiger partial charge in [-0.05, 0) is 31.7 Å². The quantitative estimate of drug-likeness (QED) is 0.691. The summed E-state index contributed by atoms with van der Waals surface area (Å²) in [7, 11) is 0. The number of hydrogen-bond donors (Lipinski definition) is 0. The highest BCUT2D eigenvalue weighted by molar-refractivity contribution is 4.81. The maximum Gasteiger partial charge on any atom is 0.0622 e. The van der Waals surface area contributed by atoms with Gasteiger partial charge in [0.25, 0.3) is 0 Å². The fourth-order valence-corrected chi connectivity index (χ4v) is 3.13. The first-order valence-electron chi connectivity index (χ1n) is 6.75. The number of rotatable bonds is 2. The van der Waals surface area contributed by atoms with E-state index in [-0.39, 0.29) is 0 Å². The molecule has 1 atom stereocenters. The smallest absolute Gasteiger partial charge is 0.0622 e. The SMILES string of the molecule is CC(C)CN1CCCN2CCCCCC21. The Balaban J connectivity index is 1.97. The summed E-state index contributed by atoms with van der Waals surface area (Å²) in [6.07, 6.45) is 7.88. The van der Waals surface area contributed by atoms with Crippen LogP contribution in [0.15, 0.2) is 0 Å². The van der Waals surface area contributed by atoms with Crippen molar-refractivity contribution in [2.75, 3.05) is 26.2 Å². The van der Waals surface area contributed by atoms with Crippen molar-refractivity contribution in [1.29, 1.82) is 0 Å². The molecule has 0 aliphatic carbocycles. The van der Waals surface area contributed by atoms with Gasteiger partial charge in [-0.25, -0.2) is 0 Å². The van der Waals surface area contributed by atoms with E-state index in [1.54, 1.807) is 0 Å². The van der Waals surface area contributed by atoms with E-state index in [1.165, 1.54) is 58.3 Å². The Morgan fingerprint density at radius 3 is 2.60 bits per heavy atom. The van der Waals surface area contributed by atoms with Crippen molar-refractivity contribution in [2.45, 2.75) is 52.1 Å². The molecule has 2 saturated heterocycles. The Hall–Kier alpha value is -0.0800. The molecule has 0 aromatic rings. The highest BCUT2D eigenvalue weighted by Crippen LogP contribution is 2.24. The highest BCUT2D eigenvalue weighted by Gasteiger charge is 2.29. The first-order valence-corrected chi connectivity index (χ1v) is 6.75. The summed E-state index contributed by atoms with van der Waals surface area (Å²) in [6.45, 7) is 10.0. The molecule has 2 aliphatic rings. The molecule has 0 bridgehead atoms. The van der Waals surface area contributed by atoms with Gasteiger partial charge >= 0.3 is 0 Å². The third-order valence-corrected chi connectivity index (χ3v) is 3.74. The average Bonchev–Trinajstić information content (AvgIpc) is 2.42. The fourth-order valence-electron chi connectivity index (χ4n) is 3.13. The summed E-state index contributed by atoms with van der Waals surface area (Å²) in [5.74, 6) is 0.813. The Kier molecular flexibility index (Phi) is 4.04. The molecule has 88 valence electrons. The molecule has 1 unspecified atom stereocenters. The molecule has 0 amide bonds. The van der Waals surface area contributed by atoms with Gasteiger partial charge in [0.05, 0.1) is 6.17 Å². The van der Waals surface area contributed by atoms with Gasteiger partial charge in [-0.2, -0.15) is 0 Å². The first kappa shape index (κ1) is 11.4. The van der Waals surface area contributed by atoms with Crippen LogP contribution in [0.3, 0.4) is 0 Å². The van der Waals surface area contributed by atoms with E-state index in [2.05, 4.69) is 23.6 Å². The van der Waals surface area contributed by atoms with Gasteiger partial charge in [0.1, 0.15) is 0 Å². The van der Waals surface area contributed by atoms with Crippen molar-refractivity contribution in [3.05, 3.63) is 0 Å². The van der Waals surface area contributed by atoms with Crippen molar-refractivity contribution in [1.82, 2.24) is 9.80 Å². The maximum atomic E-state index is 2.74. The molecule has 0 aromatic heterocycles. The average molecular weight is 210 g/mol. The van der Waals surface area contributed by atoms with Crippen LogP contribution in [0, 0.1) is 5.92 Å². The topological polar surface area (TPSA) is 6.48 Å². The molecule has 0 spiro atoms. The zero-order chi connectivity index (χ0) is 10.7. The molecule has 2 rings (SSSR count). The van der Waals surface area contributed by atoms with Crippen LogP contribution in [-0.2, 0) is 0 Å². The van der Waals surface area contributed by atoms with E-state index in [4.69, 9.17) is 0 Å². The summed E-state index contributed by atoms with van der Waals surface area (Å²) in [6, 6.07) is 0. The molecule has 0 saturated carbocycles. The highest BCUT2D eigenvalue weighted by atomic mass is 15.4. The Bertz CT molecular complexity index is 191. The van der Waals surface area contributed by atoms with Gasteiger partial charge in [-0.15, -0.1) is 0 Å². The van der Waals surface area contributed by atoms with Crippen molar-refractivity contribution >= 4 is 0 Å². The zero-order valence-electron chi connectivity index (χ0n) is 10.4. The van der Waals surface area contributed by atoms with E-state index in [0.29, 0.717) is 0 Å². The molecule has 0 N–H and O–H groups in total. The van der Waals surface area contributed by atoms with Crippen LogP contribution in [0.25, 0.3) is 0 Å². The number of hydrogen-bond acceptors (Lipinski definition) is 2. The van der Waals surface area contributed by atoms with Gasteiger partial charge in [0, 0.05) is 19.6 Å². The fraction of sp³-hybridized carbons (Fsp3) is 1.00. The van der Waals surface area contributed by atoms with Crippen LogP contribution in [0.5, 0.6) is 0 Å². The lowest BCUT2D eigenvalue weighted by Crippen LogP contribution is -2.54. The molecule has 2 heterocycles. The molecule has 2 fully saturated rings. The molecular weight excluding hydrogens is 184 g/mol. The largest absolute Gasteiger partial charge is 0.288 e. The molecule has 2 aliphatic heterocycles. The first-order chi connectivity index (χ1) is 7.27. The Morgan fingerprint density at radius 2 is 1.80 bits per heavy atom. The lowest BCUT2D eigenvalue weighted by molar-refractivity contribution is -0.00150. The third-order valence-electron chi connectivity index (χ3n) is 3.74. The van der Waals surface area contributed by atoms with E-state index >= 15 is 0 Å². The third kappa shape index (κ3) is 2.94. The van der Waals surface area contributed by atoms with Crippen LogP contribution >= 0.6 is 0 Å². The molecule has 0 aromatic carbocycles. The van der Waals surface area contributed by atoms with Gasteiger partial charge in [-0.1, -0.05) is 26.7 Å². The van der Waals surface area contributed by atoms with Gasteiger partial charge in [-0.3, -0.25) is 9.80 Å². The summed E-state index contributed by atoms with van der Waals surface area (Å²) < 4.78 is 0. The maximum absolute atomic E-state index is 2.74. The second kappa shape index (κ2) is 5.31. The van der Waals surface area contributed by atoms with Crippen LogP contribution in [0.1, 0.15) is 46.0 Å². The minimum absolute atomic E-state index is 0.781. The lowest BCUT2D eigenvalue weighted by atomic mass is 10.1. The van der Waals surface area contributed by atoms with Gasteiger partial charge in [0.15, 0.2) is 0 Å². The van der Waals surface area contributed by atoms with Crippen LogP contribution < -0.4 is 0 Å². The van der Waals surface area contributed by atoms with Crippen molar-refractivity contribution in [3.8, 4) is 0 Å². The Labute approximate surface area is 94.6 Å². The molecular formula is C13H26N2. The van der Waals surface area contributed by atoms with Crippen molar-refractivity contribution < 1.29 is 0 Å². The Morgan fingerprint density at radius 1 is 1.00 bits per heavy atom. The van der Waals surface area contributed by atoms with E-state index in [9.17, 15) is 0 Å². The predicted octanol–water partition coefficient (Wildman–Crippen LogP) is 2.55.